The lowest BCUT2D eigenvalue weighted by molar-refractivity contribution is -0.139. The van der Waals surface area contributed by atoms with Crippen molar-refractivity contribution >= 4 is 38.9 Å². The van der Waals surface area contributed by atoms with Crippen molar-refractivity contribution in [2.24, 2.45) is 0 Å². The lowest BCUT2D eigenvalue weighted by Gasteiger charge is -2.09. The molecule has 0 saturated carbocycles. The predicted octanol–water partition coefficient (Wildman–Crippen LogP) is 2.35. The Morgan fingerprint density at radius 3 is 2.76 bits per heavy atom. The molecule has 29 heavy (non-hydrogen) atoms. The minimum absolute atomic E-state index is 0.169. The van der Waals surface area contributed by atoms with Gasteiger partial charge in [-0.2, -0.15) is 9.97 Å². The summed E-state index contributed by atoms with van der Waals surface area (Å²) in [6.07, 6.45) is 0.211. The van der Waals surface area contributed by atoms with Crippen LogP contribution in [0.25, 0.3) is 11.2 Å². The largest absolute Gasteiger partial charge is 0.469 e. The van der Waals surface area contributed by atoms with Crippen LogP contribution < -0.4 is 10.5 Å². The number of fused-ring (bicyclic) bond motifs is 1. The molecule has 0 spiro atoms. The van der Waals surface area contributed by atoms with Crippen molar-refractivity contribution in [2.75, 3.05) is 32.7 Å². The molecule has 0 atom stereocenters. The molecule has 0 aliphatic heterocycles. The van der Waals surface area contributed by atoms with Gasteiger partial charge in [-0.05, 0) is 34.0 Å². The fourth-order valence-corrected chi connectivity index (χ4v) is 3.25. The van der Waals surface area contributed by atoms with Gasteiger partial charge in [-0.15, -0.1) is 0 Å². The van der Waals surface area contributed by atoms with E-state index in [1.165, 1.54) is 7.11 Å². The number of ether oxygens (including phenoxy) is 3. The quantitative estimate of drug-likeness (QED) is 0.292. The standard InChI is InChI=1S/C19H22BrN5O4/c1-3-28-7-8-29-19-23-16(21)15-17(24-19)25(18(20)22-15)11-13-6-4-5-12(9-13)10-14(26)27-2/h4-6,9H,3,7-8,10-11H2,1-2H3,(H2,21,23,24). The third-order valence-electron chi connectivity index (χ3n) is 4.13. The molecule has 0 aliphatic rings. The molecule has 154 valence electrons. The van der Waals surface area contributed by atoms with Crippen molar-refractivity contribution < 1.29 is 19.0 Å². The number of nitrogens with two attached hydrogens (primary N) is 1. The van der Waals surface area contributed by atoms with Crippen LogP contribution in [0.2, 0.25) is 0 Å². The Hall–Kier alpha value is -2.72. The van der Waals surface area contributed by atoms with Crippen LogP contribution in [-0.2, 0) is 27.2 Å². The Labute approximate surface area is 176 Å². The molecule has 10 heteroatoms. The number of imidazole rings is 1. The maximum absolute atomic E-state index is 11.5. The van der Waals surface area contributed by atoms with Gasteiger partial charge in [-0.25, -0.2) is 4.98 Å². The number of rotatable bonds is 9. The minimum atomic E-state index is -0.286. The van der Waals surface area contributed by atoms with Crippen LogP contribution in [-0.4, -0.2) is 52.4 Å². The highest BCUT2D eigenvalue weighted by Gasteiger charge is 2.16. The van der Waals surface area contributed by atoms with E-state index in [1.54, 1.807) is 0 Å². The van der Waals surface area contributed by atoms with Crippen LogP contribution in [0.4, 0.5) is 5.82 Å². The molecular weight excluding hydrogens is 442 g/mol. The van der Waals surface area contributed by atoms with Crippen LogP contribution >= 0.6 is 15.9 Å². The average molecular weight is 464 g/mol. The van der Waals surface area contributed by atoms with E-state index in [9.17, 15) is 4.79 Å². The van der Waals surface area contributed by atoms with Gasteiger partial charge in [0.25, 0.3) is 0 Å². The zero-order valence-electron chi connectivity index (χ0n) is 16.2. The molecule has 0 aliphatic carbocycles. The van der Waals surface area contributed by atoms with Gasteiger partial charge in [0.05, 0.1) is 26.7 Å². The zero-order chi connectivity index (χ0) is 20.8. The van der Waals surface area contributed by atoms with E-state index in [0.717, 1.165) is 11.1 Å². The van der Waals surface area contributed by atoms with Gasteiger partial charge < -0.3 is 19.9 Å². The highest BCUT2D eigenvalue weighted by molar-refractivity contribution is 9.10. The van der Waals surface area contributed by atoms with E-state index in [0.29, 0.717) is 42.3 Å². The Balaban J connectivity index is 1.87. The molecule has 0 radical (unpaired) electrons. The Morgan fingerprint density at radius 1 is 1.21 bits per heavy atom. The first-order valence-corrected chi connectivity index (χ1v) is 9.85. The molecule has 3 aromatic rings. The number of carbonyl (C=O) groups is 1. The number of carbonyl (C=O) groups excluding carboxylic acids is 1. The number of halogens is 1. The highest BCUT2D eigenvalue weighted by Crippen LogP contribution is 2.25. The summed E-state index contributed by atoms with van der Waals surface area (Å²) in [5.74, 6) is -0.0499. The van der Waals surface area contributed by atoms with Crippen molar-refractivity contribution in [3.05, 3.63) is 40.1 Å². The van der Waals surface area contributed by atoms with E-state index in [1.807, 2.05) is 35.8 Å². The van der Waals surface area contributed by atoms with Crippen LogP contribution in [0.1, 0.15) is 18.1 Å². The Morgan fingerprint density at radius 2 is 2.00 bits per heavy atom. The van der Waals surface area contributed by atoms with Gasteiger partial charge >= 0.3 is 12.0 Å². The number of nitrogens with zero attached hydrogens (tertiary/aromatic N) is 4. The van der Waals surface area contributed by atoms with Crippen molar-refractivity contribution in [3.8, 4) is 6.01 Å². The van der Waals surface area contributed by atoms with Crippen molar-refractivity contribution in [2.45, 2.75) is 19.9 Å². The van der Waals surface area contributed by atoms with Gasteiger partial charge in [-0.1, -0.05) is 24.3 Å². The van der Waals surface area contributed by atoms with Gasteiger partial charge in [-0.3, -0.25) is 9.36 Å². The summed E-state index contributed by atoms with van der Waals surface area (Å²) in [7, 11) is 1.37. The van der Waals surface area contributed by atoms with Crippen molar-refractivity contribution in [1.82, 2.24) is 19.5 Å². The molecule has 2 heterocycles. The number of anilines is 1. The summed E-state index contributed by atoms with van der Waals surface area (Å²) < 4.78 is 18.0. The molecule has 2 aromatic heterocycles. The molecule has 9 nitrogen and oxygen atoms in total. The Bertz CT molecular complexity index is 1010. The van der Waals surface area contributed by atoms with Crippen LogP contribution in [0.5, 0.6) is 6.01 Å². The first-order valence-electron chi connectivity index (χ1n) is 9.06. The van der Waals surface area contributed by atoms with E-state index < -0.39 is 0 Å². The number of hydrogen-bond donors (Lipinski definition) is 1. The number of hydrogen-bond acceptors (Lipinski definition) is 8. The van der Waals surface area contributed by atoms with E-state index in [4.69, 9.17) is 19.9 Å². The summed E-state index contributed by atoms with van der Waals surface area (Å²) in [5.41, 5.74) is 8.92. The summed E-state index contributed by atoms with van der Waals surface area (Å²) in [6, 6.07) is 7.85. The molecule has 0 fully saturated rings. The fourth-order valence-electron chi connectivity index (χ4n) is 2.77. The highest BCUT2D eigenvalue weighted by atomic mass is 79.9. The molecule has 0 bridgehead atoms. The monoisotopic (exact) mass is 463 g/mol. The summed E-state index contributed by atoms with van der Waals surface area (Å²) in [6.45, 7) is 3.76. The zero-order valence-corrected chi connectivity index (χ0v) is 17.8. The van der Waals surface area contributed by atoms with Crippen LogP contribution in [0.3, 0.4) is 0 Å². The fraction of sp³-hybridized carbons (Fsp3) is 0.368. The smallest absolute Gasteiger partial charge is 0.320 e. The minimum Gasteiger partial charge on any atom is -0.469 e. The molecule has 2 N–H and O–H groups in total. The SMILES string of the molecule is CCOCCOc1nc(N)c2nc(Br)n(Cc3cccc(CC(=O)OC)c3)c2n1. The van der Waals surface area contributed by atoms with Gasteiger partial charge in [0.1, 0.15) is 6.61 Å². The predicted molar refractivity (Wildman–Crippen MR) is 111 cm³/mol. The van der Waals surface area contributed by atoms with Crippen molar-refractivity contribution in [1.29, 1.82) is 0 Å². The van der Waals surface area contributed by atoms with Gasteiger partial charge in [0, 0.05) is 6.61 Å². The number of benzene rings is 1. The van der Waals surface area contributed by atoms with Crippen LogP contribution in [0, 0.1) is 0 Å². The number of aromatic nitrogens is 4. The van der Waals surface area contributed by atoms with E-state index >= 15 is 0 Å². The van der Waals surface area contributed by atoms with E-state index in [-0.39, 0.29) is 24.2 Å². The average Bonchev–Trinajstić information content (AvgIpc) is 3.02. The lowest BCUT2D eigenvalue weighted by Crippen LogP contribution is -2.10. The van der Waals surface area contributed by atoms with Gasteiger partial charge in [0.15, 0.2) is 21.7 Å². The molecule has 3 rings (SSSR count). The second-order valence-electron chi connectivity index (χ2n) is 6.15. The molecule has 0 saturated heterocycles. The summed E-state index contributed by atoms with van der Waals surface area (Å²) in [4.78, 5) is 24.6. The maximum atomic E-state index is 11.5. The molecule has 0 unspecified atom stereocenters. The first kappa shape index (κ1) is 21.0. The summed E-state index contributed by atoms with van der Waals surface area (Å²) >= 11 is 3.46. The first-order chi connectivity index (χ1) is 14.0. The second-order valence-corrected chi connectivity index (χ2v) is 6.86. The Kier molecular flexibility index (Phi) is 6.99. The van der Waals surface area contributed by atoms with E-state index in [2.05, 4.69) is 30.9 Å². The number of methoxy groups -OCH3 is 1. The molecule has 1 aromatic carbocycles. The normalized spacial score (nSPS) is 11.0. The summed E-state index contributed by atoms with van der Waals surface area (Å²) in [5, 5.41) is 0. The third kappa shape index (κ3) is 5.21. The topological polar surface area (TPSA) is 114 Å². The third-order valence-corrected chi connectivity index (χ3v) is 4.73. The van der Waals surface area contributed by atoms with Gasteiger partial charge in [0.2, 0.25) is 0 Å². The van der Waals surface area contributed by atoms with Crippen molar-refractivity contribution in [3.63, 3.8) is 0 Å². The molecular formula is C19H22BrN5O4. The molecule has 0 amide bonds. The second kappa shape index (κ2) is 9.66. The maximum Gasteiger partial charge on any atom is 0.320 e. The number of nitrogen functional groups attached to an aromatic ring is 1. The number of esters is 1. The lowest BCUT2D eigenvalue weighted by atomic mass is 10.1. The van der Waals surface area contributed by atoms with Crippen LogP contribution in [0.15, 0.2) is 29.0 Å².